The lowest BCUT2D eigenvalue weighted by atomic mass is 10.0. The molecule has 8 nitrogen and oxygen atoms in total. The SMILES string of the molecule is CC(C)(CN1CCN(c2cc(=O)[nH]c(N)n2)CC1)N1CCOCC1. The van der Waals surface area contributed by atoms with Crippen LogP contribution in [0.25, 0.3) is 0 Å². The van der Waals surface area contributed by atoms with Gasteiger partial charge >= 0.3 is 0 Å². The van der Waals surface area contributed by atoms with E-state index < -0.39 is 0 Å². The van der Waals surface area contributed by atoms with Gasteiger partial charge < -0.3 is 15.4 Å². The molecule has 1 aromatic rings. The minimum absolute atomic E-state index is 0.137. The van der Waals surface area contributed by atoms with Gasteiger partial charge in [-0.15, -0.1) is 0 Å². The summed E-state index contributed by atoms with van der Waals surface area (Å²) in [6, 6.07) is 1.52. The van der Waals surface area contributed by atoms with Gasteiger partial charge in [-0.05, 0) is 13.8 Å². The quantitative estimate of drug-likeness (QED) is 0.772. The summed E-state index contributed by atoms with van der Waals surface area (Å²) in [5.74, 6) is 0.844. The zero-order chi connectivity index (χ0) is 17.2. The van der Waals surface area contributed by atoms with Crippen LogP contribution in [0, 0.1) is 0 Å². The number of ether oxygens (including phenoxy) is 1. The highest BCUT2D eigenvalue weighted by molar-refractivity contribution is 5.41. The summed E-state index contributed by atoms with van der Waals surface area (Å²) in [5.41, 5.74) is 5.58. The molecule has 3 rings (SSSR count). The molecule has 0 atom stereocenters. The van der Waals surface area contributed by atoms with Crippen molar-refractivity contribution >= 4 is 11.8 Å². The maximum atomic E-state index is 11.6. The third kappa shape index (κ3) is 4.06. The molecular formula is C16H28N6O2. The predicted octanol–water partition coefficient (Wildman–Crippen LogP) is -0.415. The van der Waals surface area contributed by atoms with Crippen LogP contribution < -0.4 is 16.2 Å². The minimum Gasteiger partial charge on any atom is -0.379 e. The van der Waals surface area contributed by atoms with E-state index >= 15 is 0 Å². The summed E-state index contributed by atoms with van der Waals surface area (Å²) in [5, 5.41) is 0. The zero-order valence-corrected chi connectivity index (χ0v) is 14.6. The van der Waals surface area contributed by atoms with Crippen LogP contribution in [-0.2, 0) is 4.74 Å². The summed E-state index contributed by atoms with van der Waals surface area (Å²) >= 11 is 0. The van der Waals surface area contributed by atoms with Crippen LogP contribution in [0.15, 0.2) is 10.9 Å². The first-order chi connectivity index (χ1) is 11.4. The largest absolute Gasteiger partial charge is 0.379 e. The van der Waals surface area contributed by atoms with Crippen molar-refractivity contribution in [2.75, 3.05) is 69.7 Å². The van der Waals surface area contributed by atoms with Gasteiger partial charge in [0.25, 0.3) is 5.56 Å². The molecule has 0 saturated carbocycles. The Balaban J connectivity index is 1.55. The molecule has 2 aliphatic heterocycles. The highest BCUT2D eigenvalue weighted by Gasteiger charge is 2.31. The van der Waals surface area contributed by atoms with Gasteiger partial charge in [-0.25, -0.2) is 0 Å². The van der Waals surface area contributed by atoms with Gasteiger partial charge in [0, 0.05) is 57.4 Å². The van der Waals surface area contributed by atoms with Crippen LogP contribution in [0.3, 0.4) is 0 Å². The van der Waals surface area contributed by atoms with E-state index in [4.69, 9.17) is 10.5 Å². The summed E-state index contributed by atoms with van der Waals surface area (Å²) in [6.45, 7) is 12.9. The topological polar surface area (TPSA) is 90.7 Å². The second kappa shape index (κ2) is 7.08. The van der Waals surface area contributed by atoms with Gasteiger partial charge in [-0.2, -0.15) is 4.98 Å². The van der Waals surface area contributed by atoms with Crippen molar-refractivity contribution in [1.29, 1.82) is 0 Å². The van der Waals surface area contributed by atoms with Gasteiger partial charge in [0.05, 0.1) is 13.2 Å². The highest BCUT2D eigenvalue weighted by atomic mass is 16.5. The van der Waals surface area contributed by atoms with Gasteiger partial charge in [-0.3, -0.25) is 19.6 Å². The fourth-order valence-corrected chi connectivity index (χ4v) is 3.58. The molecule has 3 heterocycles. The number of anilines is 2. The molecule has 0 bridgehead atoms. The van der Waals surface area contributed by atoms with Crippen LogP contribution >= 0.6 is 0 Å². The number of hydrogen-bond donors (Lipinski definition) is 2. The van der Waals surface area contributed by atoms with Crippen molar-refractivity contribution in [1.82, 2.24) is 19.8 Å². The van der Waals surface area contributed by atoms with E-state index in [2.05, 4.69) is 38.5 Å². The van der Waals surface area contributed by atoms with Crippen molar-refractivity contribution in [2.45, 2.75) is 19.4 Å². The number of nitrogen functional groups attached to an aromatic ring is 1. The maximum Gasteiger partial charge on any atom is 0.254 e. The Morgan fingerprint density at radius 1 is 1.21 bits per heavy atom. The number of rotatable bonds is 4. The smallest absolute Gasteiger partial charge is 0.254 e. The lowest BCUT2D eigenvalue weighted by Crippen LogP contribution is -2.58. The van der Waals surface area contributed by atoms with E-state index in [0.29, 0.717) is 5.82 Å². The first-order valence-electron chi connectivity index (χ1n) is 8.61. The average Bonchev–Trinajstić information content (AvgIpc) is 2.55. The molecule has 8 heteroatoms. The number of hydrogen-bond acceptors (Lipinski definition) is 7. The number of H-pyrrole nitrogens is 1. The fourth-order valence-electron chi connectivity index (χ4n) is 3.58. The van der Waals surface area contributed by atoms with Gasteiger partial charge in [0.1, 0.15) is 5.82 Å². The van der Waals surface area contributed by atoms with Gasteiger partial charge in [0.15, 0.2) is 0 Å². The van der Waals surface area contributed by atoms with E-state index in [1.165, 1.54) is 6.07 Å². The first kappa shape index (κ1) is 17.2. The number of aromatic amines is 1. The first-order valence-corrected chi connectivity index (χ1v) is 8.61. The van der Waals surface area contributed by atoms with Crippen molar-refractivity contribution in [3.63, 3.8) is 0 Å². The lowest BCUT2D eigenvalue weighted by molar-refractivity contribution is -0.0221. The fraction of sp³-hybridized carbons (Fsp3) is 0.750. The average molecular weight is 336 g/mol. The Morgan fingerprint density at radius 2 is 1.88 bits per heavy atom. The highest BCUT2D eigenvalue weighted by Crippen LogP contribution is 2.20. The summed E-state index contributed by atoms with van der Waals surface area (Å²) in [6.07, 6.45) is 0. The second-order valence-electron chi connectivity index (χ2n) is 7.16. The normalized spacial score (nSPS) is 21.2. The third-order valence-corrected chi connectivity index (χ3v) is 4.92. The Hall–Kier alpha value is -1.64. The van der Waals surface area contributed by atoms with E-state index in [1.54, 1.807) is 0 Å². The molecule has 0 amide bonds. The summed E-state index contributed by atoms with van der Waals surface area (Å²) < 4.78 is 5.46. The molecule has 134 valence electrons. The van der Waals surface area contributed by atoms with Gasteiger partial charge in [-0.1, -0.05) is 0 Å². The zero-order valence-electron chi connectivity index (χ0n) is 14.6. The van der Waals surface area contributed by atoms with Gasteiger partial charge in [0.2, 0.25) is 5.95 Å². The maximum absolute atomic E-state index is 11.6. The van der Waals surface area contributed by atoms with Crippen LogP contribution in [0.2, 0.25) is 0 Å². The Morgan fingerprint density at radius 3 is 2.50 bits per heavy atom. The molecule has 2 aliphatic rings. The van der Waals surface area contributed by atoms with Crippen molar-refractivity contribution in [3.05, 3.63) is 16.4 Å². The summed E-state index contributed by atoms with van der Waals surface area (Å²) in [4.78, 5) is 25.4. The molecule has 2 saturated heterocycles. The van der Waals surface area contributed by atoms with E-state index in [9.17, 15) is 4.79 Å². The minimum atomic E-state index is -0.201. The number of morpholine rings is 1. The molecule has 0 aromatic carbocycles. The summed E-state index contributed by atoms with van der Waals surface area (Å²) in [7, 11) is 0. The Kier molecular flexibility index (Phi) is 5.07. The Bertz CT molecular complexity index is 603. The third-order valence-electron chi connectivity index (χ3n) is 4.92. The molecule has 0 aliphatic carbocycles. The number of nitrogens with two attached hydrogens (primary N) is 1. The van der Waals surface area contributed by atoms with Crippen LogP contribution in [-0.4, -0.2) is 84.3 Å². The van der Waals surface area contributed by atoms with Crippen molar-refractivity contribution in [2.24, 2.45) is 0 Å². The number of nitrogens with zero attached hydrogens (tertiary/aromatic N) is 4. The molecule has 0 radical (unpaired) electrons. The molecule has 2 fully saturated rings. The van der Waals surface area contributed by atoms with Crippen LogP contribution in [0.4, 0.5) is 11.8 Å². The number of aromatic nitrogens is 2. The standard InChI is InChI=1S/C16H28N6O2/c1-16(2,22-7-9-24-10-8-22)12-20-3-5-21(6-4-20)13-11-14(23)19-15(17)18-13/h11H,3-10,12H2,1-2H3,(H3,17,18,19,23). The molecule has 1 aromatic heterocycles. The number of nitrogens with one attached hydrogen (secondary N) is 1. The van der Waals surface area contributed by atoms with Crippen molar-refractivity contribution in [3.8, 4) is 0 Å². The van der Waals surface area contributed by atoms with E-state index in [0.717, 1.165) is 59.0 Å². The molecule has 0 spiro atoms. The molecule has 24 heavy (non-hydrogen) atoms. The Labute approximate surface area is 142 Å². The number of piperazine rings is 1. The van der Waals surface area contributed by atoms with Crippen molar-refractivity contribution < 1.29 is 4.74 Å². The molecule has 0 unspecified atom stereocenters. The van der Waals surface area contributed by atoms with E-state index in [-0.39, 0.29) is 17.0 Å². The van der Waals surface area contributed by atoms with Crippen LogP contribution in [0.5, 0.6) is 0 Å². The van der Waals surface area contributed by atoms with E-state index in [1.807, 2.05) is 0 Å². The molecular weight excluding hydrogens is 308 g/mol. The second-order valence-corrected chi connectivity index (χ2v) is 7.16. The predicted molar refractivity (Wildman–Crippen MR) is 94.4 cm³/mol. The molecule has 3 N–H and O–H groups in total. The lowest BCUT2D eigenvalue weighted by Gasteiger charge is -2.45. The van der Waals surface area contributed by atoms with Crippen LogP contribution in [0.1, 0.15) is 13.8 Å². The monoisotopic (exact) mass is 336 g/mol.